The quantitative estimate of drug-likeness (QED) is 0.710. The molecule has 1 nitrogen and oxygen atoms in total. The summed E-state index contributed by atoms with van der Waals surface area (Å²) in [6.07, 6.45) is -0.0396. The van der Waals surface area contributed by atoms with Gasteiger partial charge >= 0.3 is 0 Å². The zero-order valence-corrected chi connectivity index (χ0v) is 12.5. The molecular weight excluding hydrogens is 290 g/mol. The second kappa shape index (κ2) is 5.68. The Bertz CT molecular complexity index is 628. The highest BCUT2D eigenvalue weighted by Gasteiger charge is 2.57. The molecule has 0 aromatic heterocycles. The van der Waals surface area contributed by atoms with Crippen molar-refractivity contribution in [2.45, 2.75) is 28.9 Å². The number of hydrogen-bond donors (Lipinski definition) is 0. The van der Waals surface area contributed by atoms with E-state index in [2.05, 4.69) is 12.1 Å². The van der Waals surface area contributed by atoms with Gasteiger partial charge in [0.05, 0.1) is 13.0 Å². The fourth-order valence-electron chi connectivity index (χ4n) is 2.33. The van der Waals surface area contributed by atoms with Gasteiger partial charge in [0, 0.05) is 17.1 Å². The largest absolute Gasteiger partial charge is 0.496 e. The standard InChI is InChI=1S/C17H16F2OS/c1-20-15-8-7-13(14-10-17(14,18)19)9-16(15)21-11-12-5-3-2-4-6-12/h2-9,14H,10-11H2,1H3. The van der Waals surface area contributed by atoms with Crippen LogP contribution in [0, 0.1) is 0 Å². The van der Waals surface area contributed by atoms with E-state index < -0.39 is 11.8 Å². The van der Waals surface area contributed by atoms with Crippen LogP contribution in [0.1, 0.15) is 23.5 Å². The SMILES string of the molecule is COc1ccc(C2CC2(F)F)cc1SCc1ccccc1. The Morgan fingerprint density at radius 1 is 1.19 bits per heavy atom. The third-order valence-corrected chi connectivity index (χ3v) is 4.76. The van der Waals surface area contributed by atoms with Crippen molar-refractivity contribution < 1.29 is 13.5 Å². The number of ether oxygens (including phenoxy) is 1. The van der Waals surface area contributed by atoms with Crippen LogP contribution in [0.3, 0.4) is 0 Å². The molecule has 3 rings (SSSR count). The van der Waals surface area contributed by atoms with Crippen LogP contribution in [-0.4, -0.2) is 13.0 Å². The minimum absolute atomic E-state index is 0.0396. The van der Waals surface area contributed by atoms with E-state index in [9.17, 15) is 8.78 Å². The van der Waals surface area contributed by atoms with E-state index in [0.29, 0.717) is 5.56 Å². The molecule has 1 saturated carbocycles. The van der Waals surface area contributed by atoms with E-state index >= 15 is 0 Å². The Morgan fingerprint density at radius 2 is 1.90 bits per heavy atom. The first kappa shape index (κ1) is 14.4. The zero-order chi connectivity index (χ0) is 14.9. The third kappa shape index (κ3) is 3.21. The van der Waals surface area contributed by atoms with Crippen molar-refractivity contribution in [3.05, 3.63) is 59.7 Å². The van der Waals surface area contributed by atoms with Crippen LogP contribution in [0.15, 0.2) is 53.4 Å². The maximum Gasteiger partial charge on any atom is 0.255 e. The van der Waals surface area contributed by atoms with Crippen molar-refractivity contribution in [1.29, 1.82) is 0 Å². The molecule has 2 aromatic rings. The van der Waals surface area contributed by atoms with E-state index in [1.165, 1.54) is 5.56 Å². The van der Waals surface area contributed by atoms with Crippen molar-refractivity contribution in [1.82, 2.24) is 0 Å². The molecule has 0 heterocycles. The summed E-state index contributed by atoms with van der Waals surface area (Å²) >= 11 is 1.61. The number of methoxy groups -OCH3 is 1. The van der Waals surface area contributed by atoms with Gasteiger partial charge in [0.1, 0.15) is 5.75 Å². The highest BCUT2D eigenvalue weighted by atomic mass is 32.2. The Kier molecular flexibility index (Phi) is 3.89. The lowest BCUT2D eigenvalue weighted by atomic mass is 10.1. The Hall–Kier alpha value is -1.55. The van der Waals surface area contributed by atoms with Crippen LogP contribution < -0.4 is 4.74 Å². The van der Waals surface area contributed by atoms with Gasteiger partial charge < -0.3 is 4.74 Å². The summed E-state index contributed by atoms with van der Waals surface area (Å²) in [7, 11) is 1.60. The fraction of sp³-hybridized carbons (Fsp3) is 0.294. The van der Waals surface area contributed by atoms with Crippen molar-refractivity contribution in [2.24, 2.45) is 0 Å². The van der Waals surface area contributed by atoms with E-state index in [4.69, 9.17) is 4.74 Å². The third-order valence-electron chi connectivity index (χ3n) is 3.65. The number of hydrogen-bond acceptors (Lipinski definition) is 2. The van der Waals surface area contributed by atoms with Crippen LogP contribution in [0.5, 0.6) is 5.75 Å². The smallest absolute Gasteiger partial charge is 0.255 e. The lowest BCUT2D eigenvalue weighted by molar-refractivity contribution is 0.112. The molecule has 0 radical (unpaired) electrons. The number of benzene rings is 2. The van der Waals surface area contributed by atoms with E-state index in [-0.39, 0.29) is 6.42 Å². The second-order valence-corrected chi connectivity index (χ2v) is 6.22. The molecule has 0 bridgehead atoms. The van der Waals surface area contributed by atoms with Gasteiger partial charge in [-0.05, 0) is 23.3 Å². The van der Waals surface area contributed by atoms with Gasteiger partial charge in [-0.2, -0.15) is 0 Å². The number of alkyl halides is 2. The summed E-state index contributed by atoms with van der Waals surface area (Å²) in [5.74, 6) is -1.62. The van der Waals surface area contributed by atoms with Crippen molar-refractivity contribution in [3.8, 4) is 5.75 Å². The maximum absolute atomic E-state index is 13.2. The van der Waals surface area contributed by atoms with Gasteiger partial charge in [-0.15, -0.1) is 11.8 Å². The molecule has 1 aliphatic carbocycles. The lowest BCUT2D eigenvalue weighted by Crippen LogP contribution is -1.94. The molecule has 0 aliphatic heterocycles. The molecule has 21 heavy (non-hydrogen) atoms. The molecule has 2 aromatic carbocycles. The van der Waals surface area contributed by atoms with Crippen molar-refractivity contribution >= 4 is 11.8 Å². The van der Waals surface area contributed by atoms with Gasteiger partial charge in [0.25, 0.3) is 5.92 Å². The van der Waals surface area contributed by atoms with E-state index in [1.54, 1.807) is 31.0 Å². The summed E-state index contributed by atoms with van der Waals surface area (Å²) in [5, 5.41) is 0. The topological polar surface area (TPSA) is 9.23 Å². The molecule has 1 unspecified atom stereocenters. The number of halogens is 2. The summed E-state index contributed by atoms with van der Waals surface area (Å²) in [6, 6.07) is 15.5. The fourth-order valence-corrected chi connectivity index (χ4v) is 3.36. The molecule has 1 aliphatic rings. The summed E-state index contributed by atoms with van der Waals surface area (Å²) in [6.45, 7) is 0. The predicted molar refractivity (Wildman–Crippen MR) is 81.3 cm³/mol. The first-order valence-electron chi connectivity index (χ1n) is 6.82. The van der Waals surface area contributed by atoms with Gasteiger partial charge in [-0.25, -0.2) is 8.78 Å². The number of thioether (sulfide) groups is 1. The van der Waals surface area contributed by atoms with Gasteiger partial charge in [-0.3, -0.25) is 0 Å². The first-order valence-corrected chi connectivity index (χ1v) is 7.81. The normalized spacial score (nSPS) is 19.3. The van der Waals surface area contributed by atoms with Crippen molar-refractivity contribution in [2.75, 3.05) is 7.11 Å². The average Bonchev–Trinajstić information content (AvgIpc) is 3.14. The van der Waals surface area contributed by atoms with Gasteiger partial charge in [0.2, 0.25) is 0 Å². The molecule has 4 heteroatoms. The summed E-state index contributed by atoms with van der Waals surface area (Å²) in [4.78, 5) is 0.918. The number of rotatable bonds is 5. The summed E-state index contributed by atoms with van der Waals surface area (Å²) < 4.78 is 31.8. The highest BCUT2D eigenvalue weighted by Crippen LogP contribution is 2.56. The van der Waals surface area contributed by atoms with Crippen LogP contribution in [0.4, 0.5) is 8.78 Å². The van der Waals surface area contributed by atoms with Gasteiger partial charge in [-0.1, -0.05) is 36.4 Å². The summed E-state index contributed by atoms with van der Waals surface area (Å²) in [5.41, 5.74) is 1.91. The highest BCUT2D eigenvalue weighted by molar-refractivity contribution is 7.98. The van der Waals surface area contributed by atoms with Crippen LogP contribution in [0.2, 0.25) is 0 Å². The molecule has 0 saturated heterocycles. The molecule has 0 amide bonds. The minimum atomic E-state index is -2.53. The monoisotopic (exact) mass is 306 g/mol. The Morgan fingerprint density at radius 3 is 2.52 bits per heavy atom. The Balaban J connectivity index is 1.78. The van der Waals surface area contributed by atoms with Gasteiger partial charge in [0.15, 0.2) is 0 Å². The molecule has 0 N–H and O–H groups in total. The molecule has 0 spiro atoms. The average molecular weight is 306 g/mol. The van der Waals surface area contributed by atoms with Crippen LogP contribution >= 0.6 is 11.8 Å². The van der Waals surface area contributed by atoms with E-state index in [1.807, 2.05) is 24.3 Å². The van der Waals surface area contributed by atoms with Crippen LogP contribution in [0.25, 0.3) is 0 Å². The Labute approximate surface area is 127 Å². The minimum Gasteiger partial charge on any atom is -0.496 e. The molecule has 1 fully saturated rings. The van der Waals surface area contributed by atoms with Crippen LogP contribution in [-0.2, 0) is 5.75 Å². The van der Waals surface area contributed by atoms with Crippen molar-refractivity contribution in [3.63, 3.8) is 0 Å². The zero-order valence-electron chi connectivity index (χ0n) is 11.7. The maximum atomic E-state index is 13.2. The first-order chi connectivity index (χ1) is 10.1. The molecular formula is C17H16F2OS. The predicted octanol–water partition coefficient (Wildman–Crippen LogP) is 5.11. The van der Waals surface area contributed by atoms with E-state index in [0.717, 1.165) is 16.4 Å². The molecule has 110 valence electrons. The molecule has 1 atom stereocenters. The second-order valence-electron chi connectivity index (χ2n) is 5.20. The lowest BCUT2D eigenvalue weighted by Gasteiger charge is -2.10.